The van der Waals surface area contributed by atoms with Gasteiger partial charge in [0, 0.05) is 16.7 Å². The van der Waals surface area contributed by atoms with Crippen LogP contribution in [0.4, 0.5) is 5.69 Å². The minimum absolute atomic E-state index is 1.07. The zero-order valence-electron chi connectivity index (χ0n) is 9.58. The standard InChI is InChI=1S/C13H19BrN2/c14-12-4-6-13(7-5-12)15-8-3-11-16-9-1-2-10-16/h4-7,15H,1-3,8-11H2. The quantitative estimate of drug-likeness (QED) is 0.834. The van der Waals surface area contributed by atoms with E-state index in [1.807, 2.05) is 0 Å². The summed E-state index contributed by atoms with van der Waals surface area (Å²) in [5.74, 6) is 0. The first-order valence-electron chi connectivity index (χ1n) is 6.06. The number of rotatable bonds is 5. The minimum atomic E-state index is 1.07. The molecule has 1 aromatic rings. The highest BCUT2D eigenvalue weighted by Crippen LogP contribution is 2.14. The monoisotopic (exact) mass is 282 g/mol. The number of nitrogens with one attached hydrogen (secondary N) is 1. The van der Waals surface area contributed by atoms with Crippen molar-refractivity contribution in [2.24, 2.45) is 0 Å². The summed E-state index contributed by atoms with van der Waals surface area (Å²) in [6, 6.07) is 8.37. The van der Waals surface area contributed by atoms with E-state index in [9.17, 15) is 0 Å². The third-order valence-corrected chi connectivity index (χ3v) is 3.55. The molecule has 0 aromatic heterocycles. The van der Waals surface area contributed by atoms with Crippen molar-refractivity contribution in [3.63, 3.8) is 0 Å². The second kappa shape index (κ2) is 6.26. The first kappa shape index (κ1) is 11.9. The zero-order chi connectivity index (χ0) is 11.2. The highest BCUT2D eigenvalue weighted by molar-refractivity contribution is 9.10. The van der Waals surface area contributed by atoms with Gasteiger partial charge >= 0.3 is 0 Å². The van der Waals surface area contributed by atoms with Gasteiger partial charge in [-0.25, -0.2) is 0 Å². The molecule has 0 saturated carbocycles. The van der Waals surface area contributed by atoms with E-state index in [0.717, 1.165) is 11.0 Å². The lowest BCUT2D eigenvalue weighted by molar-refractivity contribution is 0.337. The molecule has 1 aliphatic heterocycles. The number of likely N-dealkylation sites (tertiary alicyclic amines) is 1. The highest BCUT2D eigenvalue weighted by atomic mass is 79.9. The van der Waals surface area contributed by atoms with Crippen LogP contribution in [-0.2, 0) is 0 Å². The van der Waals surface area contributed by atoms with Crippen molar-refractivity contribution in [3.8, 4) is 0 Å². The van der Waals surface area contributed by atoms with E-state index < -0.39 is 0 Å². The van der Waals surface area contributed by atoms with Gasteiger partial charge < -0.3 is 10.2 Å². The lowest BCUT2D eigenvalue weighted by Crippen LogP contribution is -2.22. The minimum Gasteiger partial charge on any atom is -0.385 e. The van der Waals surface area contributed by atoms with Crippen LogP contribution in [0.2, 0.25) is 0 Å². The molecule has 0 radical (unpaired) electrons. The summed E-state index contributed by atoms with van der Waals surface area (Å²) in [6.45, 7) is 4.91. The van der Waals surface area contributed by atoms with E-state index in [-0.39, 0.29) is 0 Å². The predicted octanol–water partition coefficient (Wildman–Crippen LogP) is 3.35. The first-order chi connectivity index (χ1) is 7.84. The van der Waals surface area contributed by atoms with Crippen molar-refractivity contribution >= 4 is 21.6 Å². The van der Waals surface area contributed by atoms with E-state index in [1.54, 1.807) is 0 Å². The van der Waals surface area contributed by atoms with Crippen LogP contribution in [0.25, 0.3) is 0 Å². The number of halogens is 1. The van der Waals surface area contributed by atoms with Crippen molar-refractivity contribution in [2.75, 3.05) is 31.5 Å². The Morgan fingerprint density at radius 1 is 1.12 bits per heavy atom. The third-order valence-electron chi connectivity index (χ3n) is 3.02. The molecule has 1 saturated heterocycles. The van der Waals surface area contributed by atoms with Crippen molar-refractivity contribution < 1.29 is 0 Å². The van der Waals surface area contributed by atoms with Crippen LogP contribution in [0.3, 0.4) is 0 Å². The molecular weight excluding hydrogens is 264 g/mol. The average molecular weight is 283 g/mol. The maximum atomic E-state index is 3.45. The molecule has 3 heteroatoms. The Labute approximate surface area is 106 Å². The second-order valence-corrected chi connectivity index (χ2v) is 5.25. The van der Waals surface area contributed by atoms with Gasteiger partial charge in [0.1, 0.15) is 0 Å². The number of hydrogen-bond acceptors (Lipinski definition) is 2. The summed E-state index contributed by atoms with van der Waals surface area (Å²) in [5, 5.41) is 3.45. The van der Waals surface area contributed by atoms with Crippen molar-refractivity contribution in [2.45, 2.75) is 19.3 Å². The van der Waals surface area contributed by atoms with Gasteiger partial charge in [-0.1, -0.05) is 15.9 Å². The van der Waals surface area contributed by atoms with Gasteiger partial charge in [-0.3, -0.25) is 0 Å². The van der Waals surface area contributed by atoms with Gasteiger partial charge in [0.15, 0.2) is 0 Å². The van der Waals surface area contributed by atoms with Crippen molar-refractivity contribution in [3.05, 3.63) is 28.7 Å². The lowest BCUT2D eigenvalue weighted by Gasteiger charge is -2.14. The molecule has 16 heavy (non-hydrogen) atoms. The van der Waals surface area contributed by atoms with Gasteiger partial charge in [0.25, 0.3) is 0 Å². The van der Waals surface area contributed by atoms with Crippen LogP contribution >= 0.6 is 15.9 Å². The highest BCUT2D eigenvalue weighted by Gasteiger charge is 2.09. The molecule has 0 aliphatic carbocycles. The van der Waals surface area contributed by atoms with Crippen LogP contribution in [0.1, 0.15) is 19.3 Å². The van der Waals surface area contributed by atoms with Gasteiger partial charge in [-0.05, 0) is 63.2 Å². The Morgan fingerprint density at radius 3 is 2.50 bits per heavy atom. The van der Waals surface area contributed by atoms with Crippen LogP contribution in [0.5, 0.6) is 0 Å². The van der Waals surface area contributed by atoms with Gasteiger partial charge in [0.2, 0.25) is 0 Å². The smallest absolute Gasteiger partial charge is 0.0340 e. The fourth-order valence-corrected chi connectivity index (χ4v) is 2.37. The van der Waals surface area contributed by atoms with E-state index in [2.05, 4.69) is 50.4 Å². The number of benzene rings is 1. The summed E-state index contributed by atoms with van der Waals surface area (Å²) >= 11 is 3.44. The Balaban J connectivity index is 1.62. The Morgan fingerprint density at radius 2 is 1.81 bits per heavy atom. The predicted molar refractivity (Wildman–Crippen MR) is 72.9 cm³/mol. The van der Waals surface area contributed by atoms with Crippen LogP contribution in [-0.4, -0.2) is 31.1 Å². The normalized spacial score (nSPS) is 16.6. The maximum Gasteiger partial charge on any atom is 0.0340 e. The van der Waals surface area contributed by atoms with Gasteiger partial charge in [-0.2, -0.15) is 0 Å². The fraction of sp³-hybridized carbons (Fsp3) is 0.538. The van der Waals surface area contributed by atoms with Gasteiger partial charge in [0.05, 0.1) is 0 Å². The maximum absolute atomic E-state index is 3.45. The Hall–Kier alpha value is -0.540. The molecule has 1 aliphatic rings. The van der Waals surface area contributed by atoms with E-state index >= 15 is 0 Å². The molecule has 88 valence electrons. The van der Waals surface area contributed by atoms with Crippen LogP contribution in [0.15, 0.2) is 28.7 Å². The molecule has 1 heterocycles. The molecular formula is C13H19BrN2. The molecule has 1 aromatic carbocycles. The Bertz CT molecular complexity index is 304. The largest absolute Gasteiger partial charge is 0.385 e. The topological polar surface area (TPSA) is 15.3 Å². The molecule has 1 fully saturated rings. The third kappa shape index (κ3) is 3.80. The molecule has 0 unspecified atom stereocenters. The molecule has 0 atom stereocenters. The fourth-order valence-electron chi connectivity index (χ4n) is 2.11. The molecule has 0 amide bonds. The van der Waals surface area contributed by atoms with Crippen molar-refractivity contribution in [1.82, 2.24) is 4.90 Å². The van der Waals surface area contributed by atoms with E-state index in [4.69, 9.17) is 0 Å². The lowest BCUT2D eigenvalue weighted by atomic mass is 10.3. The van der Waals surface area contributed by atoms with E-state index in [1.165, 1.54) is 44.6 Å². The average Bonchev–Trinajstić information content (AvgIpc) is 2.80. The van der Waals surface area contributed by atoms with E-state index in [0.29, 0.717) is 0 Å². The molecule has 2 rings (SSSR count). The second-order valence-electron chi connectivity index (χ2n) is 4.34. The van der Waals surface area contributed by atoms with Crippen LogP contribution < -0.4 is 5.32 Å². The summed E-state index contributed by atoms with van der Waals surface area (Å²) < 4.78 is 1.13. The molecule has 0 spiro atoms. The van der Waals surface area contributed by atoms with Crippen molar-refractivity contribution in [1.29, 1.82) is 0 Å². The molecule has 2 nitrogen and oxygen atoms in total. The summed E-state index contributed by atoms with van der Waals surface area (Å²) in [7, 11) is 0. The zero-order valence-corrected chi connectivity index (χ0v) is 11.2. The Kier molecular flexibility index (Phi) is 4.67. The summed E-state index contributed by atoms with van der Waals surface area (Å²) in [6.07, 6.45) is 4.01. The van der Waals surface area contributed by atoms with Crippen LogP contribution in [0, 0.1) is 0 Å². The van der Waals surface area contributed by atoms with Gasteiger partial charge in [-0.15, -0.1) is 0 Å². The SMILES string of the molecule is Brc1ccc(NCCCN2CCCC2)cc1. The number of hydrogen-bond donors (Lipinski definition) is 1. The number of nitrogens with zero attached hydrogens (tertiary/aromatic N) is 1. The molecule has 1 N–H and O–H groups in total. The number of anilines is 1. The summed E-state index contributed by atoms with van der Waals surface area (Å²) in [5.41, 5.74) is 1.21. The molecule has 0 bridgehead atoms. The first-order valence-corrected chi connectivity index (χ1v) is 6.86. The summed E-state index contributed by atoms with van der Waals surface area (Å²) in [4.78, 5) is 2.56.